The normalized spacial score (nSPS) is 21.7. The summed E-state index contributed by atoms with van der Waals surface area (Å²) in [6, 6.07) is 1.99. The summed E-state index contributed by atoms with van der Waals surface area (Å²) < 4.78 is 5.33. The molecule has 0 spiro atoms. The Labute approximate surface area is 125 Å². The zero-order valence-corrected chi connectivity index (χ0v) is 12.6. The minimum absolute atomic E-state index is 0.0187. The monoisotopic (exact) mass is 289 g/mol. The van der Waals surface area contributed by atoms with Gasteiger partial charge in [-0.25, -0.2) is 4.79 Å². The first-order chi connectivity index (χ1) is 10.2. The highest BCUT2D eigenvalue weighted by Gasteiger charge is 2.32. The van der Waals surface area contributed by atoms with E-state index in [9.17, 15) is 4.79 Å². The van der Waals surface area contributed by atoms with Crippen LogP contribution in [-0.2, 0) is 0 Å². The molecule has 21 heavy (non-hydrogen) atoms. The van der Waals surface area contributed by atoms with Crippen LogP contribution in [0, 0.1) is 6.92 Å². The van der Waals surface area contributed by atoms with Crippen LogP contribution >= 0.6 is 0 Å². The number of amides is 2. The zero-order valence-electron chi connectivity index (χ0n) is 12.6. The van der Waals surface area contributed by atoms with E-state index in [-0.39, 0.29) is 12.1 Å². The van der Waals surface area contributed by atoms with E-state index < -0.39 is 0 Å². The third kappa shape index (κ3) is 3.28. The molecule has 0 bridgehead atoms. The van der Waals surface area contributed by atoms with Gasteiger partial charge in [-0.3, -0.25) is 0 Å². The Morgan fingerprint density at radius 2 is 2.43 bits per heavy atom. The molecule has 2 heterocycles. The Kier molecular flexibility index (Phi) is 4.27. The van der Waals surface area contributed by atoms with Crippen LogP contribution in [0.3, 0.4) is 0 Å². The number of nitrogens with zero attached hydrogens (tertiary/aromatic N) is 2. The predicted octanol–water partition coefficient (Wildman–Crippen LogP) is 3.33. The number of urea groups is 1. The van der Waals surface area contributed by atoms with Crippen molar-refractivity contribution in [2.24, 2.45) is 0 Å². The van der Waals surface area contributed by atoms with E-state index in [4.69, 9.17) is 4.52 Å². The Hall–Kier alpha value is -1.78. The summed E-state index contributed by atoms with van der Waals surface area (Å²) in [6.45, 7) is 3.42. The molecule has 1 aliphatic carbocycles. The quantitative estimate of drug-likeness (QED) is 0.865. The van der Waals surface area contributed by atoms with E-state index in [1.165, 1.54) is 24.8 Å². The topological polar surface area (TPSA) is 58.4 Å². The van der Waals surface area contributed by atoms with Crippen molar-refractivity contribution < 1.29 is 9.32 Å². The van der Waals surface area contributed by atoms with E-state index in [1.54, 1.807) is 0 Å². The van der Waals surface area contributed by atoms with E-state index in [0.717, 1.165) is 43.8 Å². The first-order valence-corrected chi connectivity index (χ1v) is 7.89. The standard InChI is InChI=1S/C16H23N3O2/c1-12-11-15(21-18-12)14-7-4-10-19(14)16(20)17-9-8-13-5-2-3-6-13/h5,11,14H,2-4,6-10H2,1H3,(H,17,20). The zero-order chi connectivity index (χ0) is 14.7. The highest BCUT2D eigenvalue weighted by Crippen LogP contribution is 2.32. The number of likely N-dealkylation sites (tertiary alicyclic amines) is 1. The molecule has 1 aromatic rings. The lowest BCUT2D eigenvalue weighted by Crippen LogP contribution is -2.39. The number of hydrogen-bond donors (Lipinski definition) is 1. The van der Waals surface area contributed by atoms with E-state index in [2.05, 4.69) is 16.5 Å². The van der Waals surface area contributed by atoms with E-state index >= 15 is 0 Å². The fraction of sp³-hybridized carbons (Fsp3) is 0.625. The fourth-order valence-corrected chi connectivity index (χ4v) is 3.24. The maximum Gasteiger partial charge on any atom is 0.318 e. The van der Waals surface area contributed by atoms with Crippen molar-refractivity contribution in [2.75, 3.05) is 13.1 Å². The summed E-state index contributed by atoms with van der Waals surface area (Å²) in [7, 11) is 0. The molecule has 2 amide bonds. The predicted molar refractivity (Wildman–Crippen MR) is 79.9 cm³/mol. The van der Waals surface area contributed by atoms with Crippen LogP contribution in [-0.4, -0.2) is 29.2 Å². The number of aromatic nitrogens is 1. The lowest BCUT2D eigenvalue weighted by molar-refractivity contribution is 0.182. The molecule has 114 valence electrons. The van der Waals surface area contributed by atoms with Gasteiger partial charge in [-0.05, 0) is 45.4 Å². The molecule has 0 aromatic carbocycles. The second kappa shape index (κ2) is 6.33. The van der Waals surface area contributed by atoms with Crippen molar-refractivity contribution in [3.8, 4) is 0 Å². The Morgan fingerprint density at radius 1 is 1.52 bits per heavy atom. The Morgan fingerprint density at radius 3 is 3.14 bits per heavy atom. The van der Waals surface area contributed by atoms with Gasteiger partial charge in [-0.15, -0.1) is 0 Å². The molecule has 2 aliphatic rings. The van der Waals surface area contributed by atoms with Crippen LogP contribution in [0.1, 0.15) is 56.0 Å². The van der Waals surface area contributed by atoms with Gasteiger partial charge in [0, 0.05) is 19.2 Å². The molecule has 1 fully saturated rings. The van der Waals surface area contributed by atoms with Crippen LogP contribution in [0.15, 0.2) is 22.2 Å². The number of nitrogens with one attached hydrogen (secondary N) is 1. The highest BCUT2D eigenvalue weighted by atomic mass is 16.5. The molecule has 1 atom stereocenters. The molecule has 1 saturated heterocycles. The average Bonchev–Trinajstić information content (AvgIpc) is 3.18. The summed E-state index contributed by atoms with van der Waals surface area (Å²) in [6.07, 6.45) is 8.91. The van der Waals surface area contributed by atoms with Gasteiger partial charge >= 0.3 is 6.03 Å². The smallest absolute Gasteiger partial charge is 0.318 e. The molecular formula is C16H23N3O2. The Bertz CT molecular complexity index is 535. The lowest BCUT2D eigenvalue weighted by Gasteiger charge is -2.23. The third-order valence-corrected chi connectivity index (χ3v) is 4.35. The van der Waals surface area contributed by atoms with Crippen molar-refractivity contribution in [2.45, 2.75) is 51.5 Å². The fourth-order valence-electron chi connectivity index (χ4n) is 3.24. The van der Waals surface area contributed by atoms with Gasteiger partial charge in [0.25, 0.3) is 0 Å². The molecule has 5 nitrogen and oxygen atoms in total. The van der Waals surface area contributed by atoms with Crippen molar-refractivity contribution in [1.29, 1.82) is 0 Å². The molecule has 1 aromatic heterocycles. The number of carbonyl (C=O) groups is 1. The minimum atomic E-state index is 0.0187. The largest absolute Gasteiger partial charge is 0.359 e. The van der Waals surface area contributed by atoms with Crippen molar-refractivity contribution in [3.05, 3.63) is 29.2 Å². The Balaban J connectivity index is 1.53. The lowest BCUT2D eigenvalue weighted by atomic mass is 10.1. The molecule has 1 N–H and O–H groups in total. The number of aryl methyl sites for hydroxylation is 1. The molecule has 3 rings (SSSR count). The molecule has 5 heteroatoms. The summed E-state index contributed by atoms with van der Waals surface area (Å²) in [4.78, 5) is 14.2. The summed E-state index contributed by atoms with van der Waals surface area (Å²) in [5.74, 6) is 0.804. The van der Waals surface area contributed by atoms with Gasteiger partial charge in [0.15, 0.2) is 5.76 Å². The number of hydrogen-bond acceptors (Lipinski definition) is 3. The van der Waals surface area contributed by atoms with Gasteiger partial charge in [0.1, 0.15) is 0 Å². The highest BCUT2D eigenvalue weighted by molar-refractivity contribution is 5.75. The third-order valence-electron chi connectivity index (χ3n) is 4.35. The van der Waals surface area contributed by atoms with E-state index in [1.807, 2.05) is 17.9 Å². The van der Waals surface area contributed by atoms with Crippen LogP contribution in [0.25, 0.3) is 0 Å². The maximum absolute atomic E-state index is 12.3. The summed E-state index contributed by atoms with van der Waals surface area (Å²) in [5.41, 5.74) is 2.35. The molecular weight excluding hydrogens is 266 g/mol. The van der Waals surface area contributed by atoms with Crippen LogP contribution < -0.4 is 5.32 Å². The first-order valence-electron chi connectivity index (χ1n) is 7.89. The van der Waals surface area contributed by atoms with E-state index in [0.29, 0.717) is 0 Å². The first kappa shape index (κ1) is 14.2. The molecule has 0 saturated carbocycles. The van der Waals surface area contributed by atoms with Gasteiger partial charge < -0.3 is 14.7 Å². The number of carbonyl (C=O) groups excluding carboxylic acids is 1. The van der Waals surface area contributed by atoms with Crippen molar-refractivity contribution in [3.63, 3.8) is 0 Å². The number of allylic oxidation sites excluding steroid dienone is 1. The van der Waals surface area contributed by atoms with Gasteiger partial charge in [0.05, 0.1) is 11.7 Å². The van der Waals surface area contributed by atoms with Gasteiger partial charge in [0.2, 0.25) is 0 Å². The summed E-state index contributed by atoms with van der Waals surface area (Å²) >= 11 is 0. The van der Waals surface area contributed by atoms with Gasteiger partial charge in [-0.2, -0.15) is 0 Å². The maximum atomic E-state index is 12.3. The minimum Gasteiger partial charge on any atom is -0.359 e. The van der Waals surface area contributed by atoms with Crippen molar-refractivity contribution in [1.82, 2.24) is 15.4 Å². The van der Waals surface area contributed by atoms with Crippen LogP contribution in [0.4, 0.5) is 4.79 Å². The average molecular weight is 289 g/mol. The molecule has 1 unspecified atom stereocenters. The second-order valence-corrected chi connectivity index (χ2v) is 5.96. The molecule has 1 aliphatic heterocycles. The summed E-state index contributed by atoms with van der Waals surface area (Å²) in [5, 5.41) is 6.97. The number of rotatable bonds is 4. The van der Waals surface area contributed by atoms with Crippen LogP contribution in [0.5, 0.6) is 0 Å². The molecule has 0 radical (unpaired) electrons. The second-order valence-electron chi connectivity index (χ2n) is 5.96. The van der Waals surface area contributed by atoms with Crippen LogP contribution in [0.2, 0.25) is 0 Å². The van der Waals surface area contributed by atoms with Crippen molar-refractivity contribution >= 4 is 6.03 Å². The van der Waals surface area contributed by atoms with Gasteiger partial charge in [-0.1, -0.05) is 16.8 Å². The SMILES string of the molecule is Cc1cc(C2CCCN2C(=O)NCCC2=CCCC2)on1.